The molecule has 25 heavy (non-hydrogen) atoms. The third-order valence-corrected chi connectivity index (χ3v) is 4.26. The molecule has 2 aromatic rings. The molecular formula is C20H17F4N. The van der Waals surface area contributed by atoms with Crippen molar-refractivity contribution in [3.05, 3.63) is 65.2 Å². The van der Waals surface area contributed by atoms with Crippen LogP contribution in [0.25, 0.3) is 0 Å². The molecule has 2 aromatic carbocycles. The maximum Gasteiger partial charge on any atom is 0.329 e. The Morgan fingerprint density at radius 1 is 0.800 bits per heavy atom. The Morgan fingerprint density at radius 2 is 1.24 bits per heavy atom. The molecule has 0 atom stereocenters. The Bertz CT molecular complexity index is 782. The van der Waals surface area contributed by atoms with Gasteiger partial charge in [0.1, 0.15) is 0 Å². The normalized spacial score (nSPS) is 17.9. The largest absolute Gasteiger partial charge is 0.359 e. The standard InChI is InChI=1S/C20H17F4N/c1-2-15-3-5-16(6-4-15)7-8-17-9-11-18(12-10-17)25-13-19(21,22)20(23,24)14-25/h3-6,9-12H,2,13-14H2,1H3. The molecule has 0 radical (unpaired) electrons. The summed E-state index contributed by atoms with van der Waals surface area (Å²) in [5.41, 5.74) is 3.14. The van der Waals surface area contributed by atoms with Crippen molar-refractivity contribution in [1.82, 2.24) is 0 Å². The Balaban J connectivity index is 1.72. The van der Waals surface area contributed by atoms with Gasteiger partial charge in [0.15, 0.2) is 0 Å². The van der Waals surface area contributed by atoms with Crippen LogP contribution < -0.4 is 4.90 Å². The van der Waals surface area contributed by atoms with E-state index >= 15 is 0 Å². The molecule has 0 saturated carbocycles. The Kier molecular flexibility index (Phi) is 4.47. The fraction of sp³-hybridized carbons (Fsp3) is 0.300. The minimum Gasteiger partial charge on any atom is -0.359 e. The SMILES string of the molecule is CCc1ccc(C#Cc2ccc(N3CC(F)(F)C(F)(F)C3)cc2)cc1. The zero-order chi connectivity index (χ0) is 18.1. The third-order valence-electron chi connectivity index (χ3n) is 4.26. The lowest BCUT2D eigenvalue weighted by molar-refractivity contribution is -0.172. The molecule has 130 valence electrons. The summed E-state index contributed by atoms with van der Waals surface area (Å²) in [6.07, 6.45) is 0.962. The van der Waals surface area contributed by atoms with Crippen LogP contribution in [0, 0.1) is 11.8 Å². The molecular weight excluding hydrogens is 330 g/mol. The van der Waals surface area contributed by atoms with Gasteiger partial charge in [0, 0.05) is 16.8 Å². The van der Waals surface area contributed by atoms with E-state index in [1.54, 1.807) is 24.3 Å². The lowest BCUT2D eigenvalue weighted by atomic mass is 10.1. The minimum absolute atomic E-state index is 0.342. The predicted molar refractivity (Wildman–Crippen MR) is 90.3 cm³/mol. The van der Waals surface area contributed by atoms with E-state index in [2.05, 4.69) is 18.8 Å². The number of alkyl halides is 4. The summed E-state index contributed by atoms with van der Waals surface area (Å²) in [6, 6.07) is 14.3. The first-order valence-electron chi connectivity index (χ1n) is 8.02. The van der Waals surface area contributed by atoms with Crippen LogP contribution in [0.3, 0.4) is 0 Å². The highest BCUT2D eigenvalue weighted by Gasteiger charge is 2.62. The maximum absolute atomic E-state index is 13.3. The van der Waals surface area contributed by atoms with E-state index in [-0.39, 0.29) is 0 Å². The van der Waals surface area contributed by atoms with Crippen LogP contribution in [0.15, 0.2) is 48.5 Å². The molecule has 0 spiro atoms. The first kappa shape index (κ1) is 17.3. The minimum atomic E-state index is -4.00. The maximum atomic E-state index is 13.3. The molecule has 1 aliphatic heterocycles. The van der Waals surface area contributed by atoms with Gasteiger partial charge in [-0.05, 0) is 48.4 Å². The second kappa shape index (κ2) is 6.44. The molecule has 0 bridgehead atoms. The molecule has 1 nitrogen and oxygen atoms in total. The van der Waals surface area contributed by atoms with Gasteiger partial charge in [0.25, 0.3) is 0 Å². The highest BCUT2D eigenvalue weighted by atomic mass is 19.3. The zero-order valence-electron chi connectivity index (χ0n) is 13.7. The summed E-state index contributed by atoms with van der Waals surface area (Å²) in [5, 5.41) is 0. The van der Waals surface area contributed by atoms with Gasteiger partial charge in [-0.15, -0.1) is 0 Å². The van der Waals surface area contributed by atoms with Crippen LogP contribution in [0.4, 0.5) is 23.2 Å². The van der Waals surface area contributed by atoms with E-state index in [1.165, 1.54) is 5.56 Å². The average Bonchev–Trinajstić information content (AvgIpc) is 2.82. The lowest BCUT2D eigenvalue weighted by Crippen LogP contribution is -2.38. The van der Waals surface area contributed by atoms with E-state index in [0.717, 1.165) is 16.9 Å². The summed E-state index contributed by atoms with van der Waals surface area (Å²) in [6.45, 7) is 0.123. The number of halogens is 4. The highest BCUT2D eigenvalue weighted by molar-refractivity contribution is 5.53. The van der Waals surface area contributed by atoms with Gasteiger partial charge in [-0.2, -0.15) is 17.6 Å². The molecule has 0 N–H and O–H groups in total. The molecule has 1 fully saturated rings. The molecule has 5 heteroatoms. The van der Waals surface area contributed by atoms with E-state index in [9.17, 15) is 17.6 Å². The fourth-order valence-corrected chi connectivity index (χ4v) is 2.67. The van der Waals surface area contributed by atoms with E-state index < -0.39 is 24.9 Å². The quantitative estimate of drug-likeness (QED) is 0.560. The monoisotopic (exact) mass is 347 g/mol. The summed E-state index contributed by atoms with van der Waals surface area (Å²) in [7, 11) is 0. The van der Waals surface area contributed by atoms with Crippen molar-refractivity contribution in [2.45, 2.75) is 25.2 Å². The molecule has 0 amide bonds. The van der Waals surface area contributed by atoms with Crippen LogP contribution in [-0.4, -0.2) is 24.9 Å². The Hall–Kier alpha value is -2.48. The van der Waals surface area contributed by atoms with Crippen LogP contribution in [0.5, 0.6) is 0 Å². The van der Waals surface area contributed by atoms with Crippen molar-refractivity contribution in [2.75, 3.05) is 18.0 Å². The summed E-state index contributed by atoms with van der Waals surface area (Å²) >= 11 is 0. The van der Waals surface area contributed by atoms with Gasteiger partial charge in [0.05, 0.1) is 13.1 Å². The smallest absolute Gasteiger partial charge is 0.329 e. The van der Waals surface area contributed by atoms with Gasteiger partial charge in [-0.1, -0.05) is 30.9 Å². The van der Waals surface area contributed by atoms with E-state index in [4.69, 9.17) is 0 Å². The first-order chi connectivity index (χ1) is 11.8. The summed E-state index contributed by atoms with van der Waals surface area (Å²) < 4.78 is 53.1. The van der Waals surface area contributed by atoms with Gasteiger partial charge in [-0.3, -0.25) is 0 Å². The number of aryl methyl sites for hydroxylation is 1. The molecule has 1 saturated heterocycles. The lowest BCUT2D eigenvalue weighted by Gasteiger charge is -2.16. The fourth-order valence-electron chi connectivity index (χ4n) is 2.67. The van der Waals surface area contributed by atoms with Crippen molar-refractivity contribution < 1.29 is 17.6 Å². The van der Waals surface area contributed by atoms with Crippen LogP contribution in [-0.2, 0) is 6.42 Å². The number of hydrogen-bond acceptors (Lipinski definition) is 1. The molecule has 0 aliphatic carbocycles. The predicted octanol–water partition coefficient (Wildman–Crippen LogP) is 4.74. The van der Waals surface area contributed by atoms with Crippen molar-refractivity contribution in [2.24, 2.45) is 0 Å². The number of anilines is 1. The van der Waals surface area contributed by atoms with Crippen molar-refractivity contribution >= 4 is 5.69 Å². The Labute approximate surface area is 144 Å². The molecule has 3 rings (SSSR count). The number of rotatable bonds is 2. The Morgan fingerprint density at radius 3 is 1.68 bits per heavy atom. The second-order valence-corrected chi connectivity index (χ2v) is 6.11. The third kappa shape index (κ3) is 3.63. The van der Waals surface area contributed by atoms with Crippen LogP contribution in [0.1, 0.15) is 23.6 Å². The van der Waals surface area contributed by atoms with E-state index in [0.29, 0.717) is 11.3 Å². The molecule has 0 aromatic heterocycles. The van der Waals surface area contributed by atoms with Gasteiger partial charge < -0.3 is 4.90 Å². The number of nitrogens with zero attached hydrogens (tertiary/aromatic N) is 1. The molecule has 0 unspecified atom stereocenters. The van der Waals surface area contributed by atoms with Crippen LogP contribution in [0.2, 0.25) is 0 Å². The van der Waals surface area contributed by atoms with Gasteiger partial charge in [-0.25, -0.2) is 0 Å². The number of hydrogen-bond donors (Lipinski definition) is 0. The topological polar surface area (TPSA) is 3.24 Å². The van der Waals surface area contributed by atoms with Crippen molar-refractivity contribution in [3.63, 3.8) is 0 Å². The second-order valence-electron chi connectivity index (χ2n) is 6.11. The molecule has 1 heterocycles. The van der Waals surface area contributed by atoms with Crippen molar-refractivity contribution in [3.8, 4) is 11.8 Å². The number of benzene rings is 2. The van der Waals surface area contributed by atoms with Crippen molar-refractivity contribution in [1.29, 1.82) is 0 Å². The first-order valence-corrected chi connectivity index (χ1v) is 8.02. The summed E-state index contributed by atoms with van der Waals surface area (Å²) in [5.74, 6) is -2.00. The summed E-state index contributed by atoms with van der Waals surface area (Å²) in [4.78, 5) is 1.00. The highest BCUT2D eigenvalue weighted by Crippen LogP contribution is 2.42. The zero-order valence-corrected chi connectivity index (χ0v) is 13.7. The van der Waals surface area contributed by atoms with Gasteiger partial charge >= 0.3 is 11.8 Å². The van der Waals surface area contributed by atoms with Crippen LogP contribution >= 0.6 is 0 Å². The van der Waals surface area contributed by atoms with Gasteiger partial charge in [0.2, 0.25) is 0 Å². The average molecular weight is 347 g/mol. The molecule has 1 aliphatic rings. The van der Waals surface area contributed by atoms with E-state index in [1.807, 2.05) is 24.3 Å².